The van der Waals surface area contributed by atoms with Gasteiger partial charge >= 0.3 is 5.97 Å². The van der Waals surface area contributed by atoms with Gasteiger partial charge in [-0.15, -0.1) is 0 Å². The van der Waals surface area contributed by atoms with E-state index in [4.69, 9.17) is 4.74 Å². The van der Waals surface area contributed by atoms with Gasteiger partial charge in [-0.05, 0) is 44.0 Å². The first-order chi connectivity index (χ1) is 19.4. The highest BCUT2D eigenvalue weighted by atomic mass is 32.2. The van der Waals surface area contributed by atoms with Crippen LogP contribution in [0, 0.1) is 24.4 Å². The van der Waals surface area contributed by atoms with Gasteiger partial charge in [-0.2, -0.15) is 4.31 Å². The second kappa shape index (κ2) is 9.45. The van der Waals surface area contributed by atoms with E-state index in [-0.39, 0.29) is 38.7 Å². The van der Waals surface area contributed by atoms with E-state index in [0.29, 0.717) is 12.8 Å². The first-order valence-corrected chi connectivity index (χ1v) is 14.1. The Hall–Kier alpha value is -4.16. The molecule has 1 aliphatic carbocycles. The van der Waals surface area contributed by atoms with Gasteiger partial charge in [0.05, 0.1) is 28.5 Å². The van der Waals surface area contributed by atoms with Crippen LogP contribution in [0.15, 0.2) is 52.3 Å². The predicted octanol–water partition coefficient (Wildman–Crippen LogP) is 5.14. The van der Waals surface area contributed by atoms with Crippen molar-refractivity contribution in [2.24, 2.45) is 0 Å². The van der Waals surface area contributed by atoms with Crippen LogP contribution >= 0.6 is 0 Å². The molecule has 3 aromatic carbocycles. The van der Waals surface area contributed by atoms with E-state index < -0.39 is 68.7 Å². The van der Waals surface area contributed by atoms with Gasteiger partial charge in [-0.25, -0.2) is 26.4 Å². The van der Waals surface area contributed by atoms with Crippen LogP contribution in [-0.2, 0) is 23.1 Å². The summed E-state index contributed by atoms with van der Waals surface area (Å²) >= 11 is 0. The molecule has 2 aliphatic rings. The fourth-order valence-corrected chi connectivity index (χ4v) is 6.74. The van der Waals surface area contributed by atoms with Crippen molar-refractivity contribution in [2.45, 2.75) is 43.8 Å². The number of hydrogen-bond donors (Lipinski definition) is 1. The van der Waals surface area contributed by atoms with Crippen molar-refractivity contribution in [3.8, 4) is 16.9 Å². The number of carboxylic acid groups (broad SMARTS) is 1. The molecule has 41 heavy (non-hydrogen) atoms. The number of aryl methyl sites for hydroxylation is 1. The molecule has 2 heterocycles. The predicted molar refractivity (Wildman–Crippen MR) is 143 cm³/mol. The number of rotatable bonds is 6. The third kappa shape index (κ3) is 4.20. The summed E-state index contributed by atoms with van der Waals surface area (Å²) < 4.78 is 81.7. The summed E-state index contributed by atoms with van der Waals surface area (Å²) in [7, 11) is -2.91. The molecular formula is C29H23F3N2O6S. The van der Waals surface area contributed by atoms with E-state index >= 15 is 13.2 Å². The maximum atomic E-state index is 16.1. The number of halogens is 3. The van der Waals surface area contributed by atoms with Gasteiger partial charge in [-0.3, -0.25) is 4.79 Å². The molecule has 0 unspecified atom stereocenters. The zero-order valence-electron chi connectivity index (χ0n) is 21.9. The molecule has 0 saturated heterocycles. The fourth-order valence-electron chi connectivity index (χ4n) is 5.37. The summed E-state index contributed by atoms with van der Waals surface area (Å²) in [6.07, 6.45) is 2.49. The van der Waals surface area contributed by atoms with Crippen LogP contribution in [0.2, 0.25) is 0 Å². The summed E-state index contributed by atoms with van der Waals surface area (Å²) in [5, 5.41) is 9.25. The van der Waals surface area contributed by atoms with Crippen molar-refractivity contribution >= 4 is 26.9 Å². The zero-order valence-corrected chi connectivity index (χ0v) is 22.7. The lowest BCUT2D eigenvalue weighted by atomic mass is 9.95. The lowest BCUT2D eigenvalue weighted by molar-refractivity contribution is 0.0694. The summed E-state index contributed by atoms with van der Waals surface area (Å²) in [5.74, 6) is -4.83. The van der Waals surface area contributed by atoms with Crippen LogP contribution in [0.5, 0.6) is 5.75 Å². The number of carboxylic acids is 1. The Bertz CT molecular complexity index is 1950. The van der Waals surface area contributed by atoms with E-state index in [2.05, 4.69) is 0 Å². The van der Waals surface area contributed by atoms with Crippen molar-refractivity contribution in [1.82, 2.24) is 8.87 Å². The van der Waals surface area contributed by atoms with Crippen LogP contribution in [-0.4, -0.2) is 35.5 Å². The van der Waals surface area contributed by atoms with Crippen molar-refractivity contribution in [3.05, 3.63) is 92.5 Å². The number of pyridine rings is 1. The first-order valence-electron chi connectivity index (χ1n) is 12.7. The molecule has 0 radical (unpaired) electrons. The fraction of sp³-hybridized carbons (Fsp3) is 0.241. The summed E-state index contributed by atoms with van der Waals surface area (Å²) in [5.41, 5.74) is -1.96. The summed E-state index contributed by atoms with van der Waals surface area (Å²) in [6, 6.07) is 7.46. The Kier molecular flexibility index (Phi) is 6.23. The number of methoxy groups -OCH3 is 1. The highest BCUT2D eigenvalue weighted by Gasteiger charge is 2.37. The monoisotopic (exact) mass is 584 g/mol. The van der Waals surface area contributed by atoms with Crippen molar-refractivity contribution in [2.75, 3.05) is 7.11 Å². The van der Waals surface area contributed by atoms with Crippen LogP contribution in [0.3, 0.4) is 0 Å². The number of sulfonamides is 1. The van der Waals surface area contributed by atoms with Gasteiger partial charge in [0.25, 0.3) is 0 Å². The van der Waals surface area contributed by atoms with Crippen molar-refractivity contribution in [3.63, 3.8) is 0 Å². The smallest absolute Gasteiger partial charge is 0.341 e. The molecular weight excluding hydrogens is 561 g/mol. The highest BCUT2D eigenvalue weighted by Crippen LogP contribution is 2.46. The van der Waals surface area contributed by atoms with Crippen molar-refractivity contribution < 1.29 is 36.2 Å². The lowest BCUT2D eigenvalue weighted by Crippen LogP contribution is -2.25. The molecule has 1 fully saturated rings. The van der Waals surface area contributed by atoms with Gasteiger partial charge < -0.3 is 14.4 Å². The maximum Gasteiger partial charge on any atom is 0.341 e. The maximum absolute atomic E-state index is 16.1. The summed E-state index contributed by atoms with van der Waals surface area (Å²) in [4.78, 5) is 24.6. The number of ether oxygens (including phenoxy) is 1. The van der Waals surface area contributed by atoms with Gasteiger partial charge in [-0.1, -0.05) is 17.7 Å². The van der Waals surface area contributed by atoms with E-state index in [1.165, 1.54) is 23.8 Å². The Morgan fingerprint density at radius 3 is 2.29 bits per heavy atom. The molecule has 4 aromatic rings. The number of hydrogen-bond acceptors (Lipinski definition) is 5. The van der Waals surface area contributed by atoms with Gasteiger partial charge in [0.2, 0.25) is 15.5 Å². The molecule has 0 amide bonds. The van der Waals surface area contributed by atoms with Gasteiger partial charge in [0.1, 0.15) is 23.0 Å². The van der Waals surface area contributed by atoms with Crippen LogP contribution in [0.25, 0.3) is 22.0 Å². The van der Waals surface area contributed by atoms with E-state index in [1.807, 2.05) is 0 Å². The number of aromatic carboxylic acids is 1. The van der Waals surface area contributed by atoms with Crippen LogP contribution < -0.4 is 10.2 Å². The molecule has 212 valence electrons. The molecule has 1 aliphatic heterocycles. The Labute approximate surface area is 232 Å². The Morgan fingerprint density at radius 2 is 1.68 bits per heavy atom. The molecule has 1 aromatic heterocycles. The van der Waals surface area contributed by atoms with Crippen LogP contribution in [0.4, 0.5) is 13.2 Å². The SMILES string of the molecule is COc1c(-c2cc(F)c3c(c2F)CN(S(=O)(=O)c2ccc(C)cc2)C3)c(F)cc2c(=O)c(C(=O)O)cn(C3CC3)c12. The second-order valence-electron chi connectivity index (χ2n) is 10.2. The molecule has 1 saturated carbocycles. The van der Waals surface area contributed by atoms with E-state index in [9.17, 15) is 23.1 Å². The first kappa shape index (κ1) is 27.0. The molecule has 6 rings (SSSR count). The average Bonchev–Trinajstić information content (AvgIpc) is 3.66. The standard InChI is InChI=1S/C29H23F3N2O6S/c1-14-3-7-16(8-4-14)41(38,39)33-11-19-20(12-33)25(32)17(9-22(19)30)24-23(31)10-18-26(28(24)40-2)34(15-5-6-15)13-21(27(18)35)29(36)37/h3-4,7-10,13,15H,5-6,11-12H2,1-2H3,(H,36,37). The molecule has 8 nitrogen and oxygen atoms in total. The number of nitrogens with zero attached hydrogens (tertiary/aromatic N) is 2. The quantitative estimate of drug-likeness (QED) is 0.337. The molecule has 0 spiro atoms. The Balaban J connectivity index is 1.53. The topological polar surface area (TPSA) is 106 Å². The Morgan fingerprint density at radius 1 is 1.02 bits per heavy atom. The van der Waals surface area contributed by atoms with Gasteiger partial charge in [0.15, 0.2) is 5.75 Å². The zero-order chi connectivity index (χ0) is 29.4. The molecule has 0 bridgehead atoms. The number of benzene rings is 3. The minimum atomic E-state index is -4.09. The largest absolute Gasteiger partial charge is 0.494 e. The third-order valence-electron chi connectivity index (χ3n) is 7.62. The van der Waals surface area contributed by atoms with Crippen LogP contribution in [0.1, 0.15) is 45.9 Å². The average molecular weight is 585 g/mol. The molecule has 12 heteroatoms. The highest BCUT2D eigenvalue weighted by molar-refractivity contribution is 7.89. The lowest BCUT2D eigenvalue weighted by Gasteiger charge is -2.19. The molecule has 1 N–H and O–H groups in total. The minimum absolute atomic E-state index is 0.0297. The minimum Gasteiger partial charge on any atom is -0.494 e. The van der Waals surface area contributed by atoms with Gasteiger partial charge in [0, 0.05) is 42.0 Å². The normalized spacial score (nSPS) is 15.3. The molecule has 0 atom stereocenters. The number of aromatic nitrogens is 1. The second-order valence-corrected chi connectivity index (χ2v) is 12.2. The third-order valence-corrected chi connectivity index (χ3v) is 9.43. The number of carbonyl (C=O) groups is 1. The summed E-state index contributed by atoms with van der Waals surface area (Å²) in [6.45, 7) is 0.906. The van der Waals surface area contributed by atoms with E-state index in [1.54, 1.807) is 19.1 Å². The number of fused-ring (bicyclic) bond motifs is 2. The van der Waals surface area contributed by atoms with E-state index in [0.717, 1.165) is 28.2 Å². The van der Waals surface area contributed by atoms with Crippen molar-refractivity contribution in [1.29, 1.82) is 0 Å².